The lowest BCUT2D eigenvalue weighted by Gasteiger charge is -2.22. The number of carbonyl (C=O) groups is 1. The first-order valence-electron chi connectivity index (χ1n) is 8.19. The molecule has 0 aliphatic heterocycles. The minimum Gasteiger partial charge on any atom is -0.478 e. The molecule has 1 aromatic heterocycles. The minimum atomic E-state index is -4.05. The van der Waals surface area contributed by atoms with Crippen molar-refractivity contribution < 1.29 is 18.3 Å². The number of hydrogen-bond donors (Lipinski definition) is 1. The van der Waals surface area contributed by atoms with Crippen LogP contribution in [0.3, 0.4) is 0 Å². The van der Waals surface area contributed by atoms with Gasteiger partial charge in [-0.15, -0.1) is 11.3 Å². The van der Waals surface area contributed by atoms with E-state index in [0.29, 0.717) is 11.6 Å². The molecule has 3 rings (SSSR count). The van der Waals surface area contributed by atoms with Crippen molar-refractivity contribution >= 4 is 38.1 Å². The Kier molecular flexibility index (Phi) is 5.29. The number of rotatable bonds is 6. The highest BCUT2D eigenvalue weighted by molar-refractivity contribution is 7.93. The van der Waals surface area contributed by atoms with Crippen LogP contribution in [-0.2, 0) is 10.0 Å². The first kappa shape index (κ1) is 19.1. The van der Waals surface area contributed by atoms with Crippen molar-refractivity contribution in [3.63, 3.8) is 0 Å². The molecule has 2 aromatic carbocycles. The van der Waals surface area contributed by atoms with Crippen molar-refractivity contribution in [2.24, 2.45) is 0 Å². The van der Waals surface area contributed by atoms with E-state index in [1.54, 1.807) is 17.5 Å². The second-order valence-corrected chi connectivity index (χ2v) is 8.82. The number of aromatic carboxylic acids is 1. The van der Waals surface area contributed by atoms with Crippen molar-refractivity contribution in [2.75, 3.05) is 4.31 Å². The average Bonchev–Trinajstić information content (AvgIpc) is 3.16. The summed E-state index contributed by atoms with van der Waals surface area (Å²) in [5.41, 5.74) is 1.43. The zero-order valence-corrected chi connectivity index (χ0v) is 16.4. The van der Waals surface area contributed by atoms with E-state index >= 15 is 0 Å². The molecule has 0 radical (unpaired) electrons. The van der Waals surface area contributed by atoms with Crippen molar-refractivity contribution in [3.05, 3.63) is 71.2 Å². The number of nitrogens with zero attached hydrogens (tertiary/aromatic N) is 2. The van der Waals surface area contributed by atoms with Crippen molar-refractivity contribution in [2.45, 2.75) is 24.7 Å². The van der Waals surface area contributed by atoms with Gasteiger partial charge in [-0.2, -0.15) is 0 Å². The van der Waals surface area contributed by atoms with E-state index in [2.05, 4.69) is 18.8 Å². The van der Waals surface area contributed by atoms with E-state index in [0.717, 1.165) is 15.9 Å². The lowest BCUT2D eigenvalue weighted by molar-refractivity contribution is 0.0696. The third kappa shape index (κ3) is 3.86. The van der Waals surface area contributed by atoms with Crippen LogP contribution in [0.5, 0.6) is 0 Å². The Labute approximate surface area is 161 Å². The highest BCUT2D eigenvalue weighted by Gasteiger charge is 2.29. The monoisotopic (exact) mass is 402 g/mol. The summed E-state index contributed by atoms with van der Waals surface area (Å²) in [4.78, 5) is 15.3. The Morgan fingerprint density at radius 3 is 2.41 bits per heavy atom. The molecule has 140 valence electrons. The summed E-state index contributed by atoms with van der Waals surface area (Å²) in [6.45, 7) is 4.11. The molecule has 0 saturated carbocycles. The van der Waals surface area contributed by atoms with Crippen molar-refractivity contribution in [3.8, 4) is 0 Å². The number of thiazole rings is 1. The first-order chi connectivity index (χ1) is 12.8. The van der Waals surface area contributed by atoms with Crippen molar-refractivity contribution in [1.82, 2.24) is 4.98 Å². The molecule has 0 atom stereocenters. The summed E-state index contributed by atoms with van der Waals surface area (Å²) in [7, 11) is -4.05. The molecule has 3 aromatic rings. The van der Waals surface area contributed by atoms with Crippen LogP contribution in [0.15, 0.2) is 65.0 Å². The van der Waals surface area contributed by atoms with Gasteiger partial charge in [0, 0.05) is 11.6 Å². The van der Waals surface area contributed by atoms with Crippen LogP contribution in [0.25, 0.3) is 0 Å². The van der Waals surface area contributed by atoms with Crippen LogP contribution in [0.2, 0.25) is 0 Å². The summed E-state index contributed by atoms with van der Waals surface area (Å²) in [5.74, 6) is -0.870. The zero-order valence-electron chi connectivity index (χ0n) is 14.7. The maximum Gasteiger partial charge on any atom is 0.335 e. The number of carboxylic acid groups (broad SMARTS) is 1. The average molecular weight is 402 g/mol. The number of hydrogen-bond acceptors (Lipinski definition) is 5. The smallest absolute Gasteiger partial charge is 0.335 e. The highest BCUT2D eigenvalue weighted by atomic mass is 32.2. The number of aromatic nitrogens is 1. The van der Waals surface area contributed by atoms with Crippen LogP contribution >= 0.6 is 11.3 Å². The fourth-order valence-electron chi connectivity index (χ4n) is 2.56. The second-order valence-electron chi connectivity index (χ2n) is 6.16. The van der Waals surface area contributed by atoms with Gasteiger partial charge < -0.3 is 5.11 Å². The standard InChI is InChI=1S/C19H18N2O4S2/c1-13(2)14-6-8-16(9-7-14)21(19-20-10-11-26-19)27(24,25)17-5-3-4-15(12-17)18(22)23/h3-13H,1-2H3,(H,22,23). The number of carboxylic acids is 1. The Morgan fingerprint density at radius 1 is 1.15 bits per heavy atom. The molecule has 0 bridgehead atoms. The number of anilines is 2. The Balaban J connectivity index is 2.13. The molecular weight excluding hydrogens is 384 g/mol. The maximum atomic E-state index is 13.3. The molecular formula is C19H18N2O4S2. The minimum absolute atomic E-state index is 0.0923. The van der Waals surface area contributed by atoms with Gasteiger partial charge >= 0.3 is 5.97 Å². The van der Waals surface area contributed by atoms with Crippen LogP contribution in [-0.4, -0.2) is 24.5 Å². The molecule has 0 aliphatic rings. The Hall–Kier alpha value is -2.71. The maximum absolute atomic E-state index is 13.3. The van der Waals surface area contributed by atoms with Gasteiger partial charge in [0.05, 0.1) is 16.1 Å². The molecule has 1 heterocycles. The summed E-state index contributed by atoms with van der Waals surface area (Å²) < 4.78 is 27.8. The highest BCUT2D eigenvalue weighted by Crippen LogP contribution is 2.34. The molecule has 1 N–H and O–H groups in total. The van der Waals surface area contributed by atoms with Gasteiger partial charge in [0.2, 0.25) is 5.13 Å². The van der Waals surface area contributed by atoms with E-state index in [4.69, 9.17) is 0 Å². The molecule has 0 fully saturated rings. The third-order valence-corrected chi connectivity index (χ3v) is 6.59. The predicted molar refractivity (Wildman–Crippen MR) is 105 cm³/mol. The lowest BCUT2D eigenvalue weighted by atomic mass is 10.0. The van der Waals surface area contributed by atoms with Crippen LogP contribution in [0.4, 0.5) is 10.8 Å². The number of sulfonamides is 1. The zero-order chi connectivity index (χ0) is 19.6. The number of benzene rings is 2. The van der Waals surface area contributed by atoms with Gasteiger partial charge in [-0.05, 0) is 41.8 Å². The Bertz CT molecular complexity index is 1040. The molecule has 0 saturated heterocycles. The van der Waals surface area contributed by atoms with E-state index < -0.39 is 16.0 Å². The topological polar surface area (TPSA) is 87.6 Å². The lowest BCUT2D eigenvalue weighted by Crippen LogP contribution is -2.26. The predicted octanol–water partition coefficient (Wildman–Crippen LogP) is 4.49. The van der Waals surface area contributed by atoms with Gasteiger partial charge in [-0.3, -0.25) is 0 Å². The summed E-state index contributed by atoms with van der Waals surface area (Å²) >= 11 is 1.19. The van der Waals surface area contributed by atoms with Gasteiger partial charge in [0.1, 0.15) is 0 Å². The van der Waals surface area contributed by atoms with E-state index in [1.807, 2.05) is 12.1 Å². The molecule has 0 amide bonds. The third-order valence-electron chi connectivity index (χ3n) is 4.01. The van der Waals surface area contributed by atoms with Crippen molar-refractivity contribution in [1.29, 1.82) is 0 Å². The summed E-state index contributed by atoms with van der Waals surface area (Å²) in [6.07, 6.45) is 1.53. The van der Waals surface area contributed by atoms with E-state index in [-0.39, 0.29) is 15.6 Å². The van der Waals surface area contributed by atoms with Gasteiger partial charge in [0.25, 0.3) is 10.0 Å². The van der Waals surface area contributed by atoms with Crippen LogP contribution in [0.1, 0.15) is 35.7 Å². The van der Waals surface area contributed by atoms with E-state index in [1.165, 1.54) is 35.7 Å². The van der Waals surface area contributed by atoms with Crippen LogP contribution < -0.4 is 4.31 Å². The fourth-order valence-corrected chi connectivity index (χ4v) is 4.94. The fraction of sp³-hybridized carbons (Fsp3) is 0.158. The van der Waals surface area contributed by atoms with Crippen LogP contribution in [0, 0.1) is 0 Å². The molecule has 0 unspecified atom stereocenters. The molecule has 0 spiro atoms. The second kappa shape index (κ2) is 7.50. The summed E-state index contributed by atoms with van der Waals surface area (Å²) in [6, 6.07) is 12.5. The van der Waals surface area contributed by atoms with Gasteiger partial charge in [-0.25, -0.2) is 22.5 Å². The Morgan fingerprint density at radius 2 is 1.85 bits per heavy atom. The molecule has 27 heavy (non-hydrogen) atoms. The largest absolute Gasteiger partial charge is 0.478 e. The normalized spacial score (nSPS) is 11.5. The SMILES string of the molecule is CC(C)c1ccc(N(c2nccs2)S(=O)(=O)c2cccc(C(=O)O)c2)cc1. The molecule has 6 nitrogen and oxygen atoms in total. The quantitative estimate of drug-likeness (QED) is 0.656. The van der Waals surface area contributed by atoms with E-state index in [9.17, 15) is 18.3 Å². The molecule has 8 heteroatoms. The molecule has 0 aliphatic carbocycles. The van der Waals surface area contributed by atoms with Gasteiger partial charge in [0.15, 0.2) is 0 Å². The van der Waals surface area contributed by atoms with Gasteiger partial charge in [-0.1, -0.05) is 32.0 Å². The summed E-state index contributed by atoms with van der Waals surface area (Å²) in [5, 5.41) is 11.2. The first-order valence-corrected chi connectivity index (χ1v) is 10.5.